The summed E-state index contributed by atoms with van der Waals surface area (Å²) in [5, 5.41) is 2.80. The summed E-state index contributed by atoms with van der Waals surface area (Å²) in [6.45, 7) is 0.885. The molecule has 0 radical (unpaired) electrons. The lowest BCUT2D eigenvalue weighted by Crippen LogP contribution is -2.35. The Morgan fingerprint density at radius 2 is 1.68 bits per heavy atom. The van der Waals surface area contributed by atoms with Gasteiger partial charge in [0.1, 0.15) is 10.0 Å². The highest BCUT2D eigenvalue weighted by Gasteiger charge is 2.21. The quantitative estimate of drug-likeness (QED) is 0.572. The Morgan fingerprint density at radius 1 is 1.09 bits per heavy atom. The predicted octanol–water partition coefficient (Wildman–Crippen LogP) is 4.63. The van der Waals surface area contributed by atoms with Crippen molar-refractivity contribution in [2.75, 3.05) is 19.8 Å². The van der Waals surface area contributed by atoms with Crippen molar-refractivity contribution >= 4 is 63.9 Å². The van der Waals surface area contributed by atoms with Gasteiger partial charge < -0.3 is 14.8 Å². The minimum Gasteiger partial charge on any atom is -0.481 e. The van der Waals surface area contributed by atoms with Crippen molar-refractivity contribution in [3.05, 3.63) is 25.1 Å². The number of nitrogens with one attached hydrogen (secondary N) is 1. The van der Waals surface area contributed by atoms with Crippen molar-refractivity contribution in [3.8, 4) is 5.75 Å². The van der Waals surface area contributed by atoms with Gasteiger partial charge in [-0.05, 0) is 12.8 Å². The fourth-order valence-electron chi connectivity index (χ4n) is 1.93. The van der Waals surface area contributed by atoms with Gasteiger partial charge in [0.2, 0.25) is 0 Å². The predicted molar refractivity (Wildman–Crippen MR) is 89.0 cm³/mol. The maximum Gasteiger partial charge on any atom is 0.258 e. The lowest BCUT2D eigenvalue weighted by molar-refractivity contribution is -0.123. The normalized spacial score (nSPS) is 17.6. The van der Waals surface area contributed by atoms with Gasteiger partial charge >= 0.3 is 0 Å². The second-order valence-corrected chi connectivity index (χ2v) is 6.52. The lowest BCUT2D eigenvalue weighted by Gasteiger charge is -2.14. The molecule has 0 aromatic heterocycles. The number of carbonyl (C=O) groups excluding carboxylic acids is 1. The summed E-state index contributed by atoms with van der Waals surface area (Å²) in [6.07, 6.45) is 1.99. The van der Waals surface area contributed by atoms with Gasteiger partial charge in [-0.15, -0.1) is 0 Å². The topological polar surface area (TPSA) is 47.6 Å². The van der Waals surface area contributed by atoms with E-state index in [9.17, 15) is 4.79 Å². The summed E-state index contributed by atoms with van der Waals surface area (Å²) in [5.41, 5.74) is 0. The molecule has 0 bridgehead atoms. The second kappa shape index (κ2) is 8.13. The second-order valence-electron chi connectivity index (χ2n) is 4.63. The Labute approximate surface area is 152 Å². The molecule has 0 aliphatic carbocycles. The zero-order chi connectivity index (χ0) is 16.3. The maximum absolute atomic E-state index is 11.8. The molecule has 1 aliphatic heterocycles. The molecule has 1 heterocycles. The van der Waals surface area contributed by atoms with Crippen LogP contribution in [0.4, 0.5) is 0 Å². The molecular weight excluding hydrogens is 395 g/mol. The van der Waals surface area contributed by atoms with Gasteiger partial charge in [-0.2, -0.15) is 0 Å². The van der Waals surface area contributed by atoms with Crippen molar-refractivity contribution in [1.82, 2.24) is 5.32 Å². The van der Waals surface area contributed by atoms with Gasteiger partial charge in [0, 0.05) is 13.2 Å². The molecular formula is C13H12Cl5NO3. The fourth-order valence-corrected chi connectivity index (χ4v) is 3.16. The van der Waals surface area contributed by atoms with Gasteiger partial charge in [0.15, 0.2) is 12.4 Å². The van der Waals surface area contributed by atoms with Crippen LogP contribution in [0.3, 0.4) is 0 Å². The van der Waals surface area contributed by atoms with Crippen LogP contribution in [0.5, 0.6) is 5.75 Å². The average molecular weight is 408 g/mol. The van der Waals surface area contributed by atoms with E-state index < -0.39 is 0 Å². The molecule has 0 saturated carbocycles. The number of hydrogen-bond donors (Lipinski definition) is 1. The maximum atomic E-state index is 11.8. The third-order valence-electron chi connectivity index (χ3n) is 3.07. The first-order chi connectivity index (χ1) is 10.4. The highest BCUT2D eigenvalue weighted by molar-refractivity contribution is 6.55. The summed E-state index contributed by atoms with van der Waals surface area (Å²) in [7, 11) is 0. The molecule has 0 spiro atoms. The molecule has 1 amide bonds. The molecule has 1 atom stereocenters. The summed E-state index contributed by atoms with van der Waals surface area (Å²) >= 11 is 29.7. The monoisotopic (exact) mass is 405 g/mol. The van der Waals surface area contributed by atoms with E-state index in [-0.39, 0.29) is 49.5 Å². The number of rotatable bonds is 5. The van der Waals surface area contributed by atoms with Crippen molar-refractivity contribution in [2.24, 2.45) is 0 Å². The van der Waals surface area contributed by atoms with E-state index in [1.807, 2.05) is 0 Å². The first-order valence-electron chi connectivity index (χ1n) is 6.44. The summed E-state index contributed by atoms with van der Waals surface area (Å²) < 4.78 is 10.7. The largest absolute Gasteiger partial charge is 0.481 e. The van der Waals surface area contributed by atoms with Crippen LogP contribution in [0.25, 0.3) is 0 Å². The van der Waals surface area contributed by atoms with Gasteiger partial charge in [0.05, 0.1) is 21.2 Å². The summed E-state index contributed by atoms with van der Waals surface area (Å²) in [6, 6.07) is 0. The minimum absolute atomic E-state index is 0.00740. The molecule has 9 heteroatoms. The number of halogens is 5. The molecule has 1 aromatic rings. The van der Waals surface area contributed by atoms with Gasteiger partial charge in [0.25, 0.3) is 5.91 Å². The van der Waals surface area contributed by atoms with Crippen molar-refractivity contribution in [1.29, 1.82) is 0 Å². The standard InChI is InChI=1S/C13H12Cl5NO3/c14-8-9(15)11(17)13(12(18)10(8)16)22-5-7(20)19-4-6-2-1-3-21-6/h6H,1-5H2,(H,19,20). The minimum atomic E-state index is -0.329. The van der Waals surface area contributed by atoms with Crippen LogP contribution >= 0.6 is 58.0 Å². The van der Waals surface area contributed by atoms with Crippen molar-refractivity contribution in [3.63, 3.8) is 0 Å². The first kappa shape index (κ1) is 18.2. The van der Waals surface area contributed by atoms with Gasteiger partial charge in [-0.25, -0.2) is 0 Å². The number of ether oxygens (including phenoxy) is 2. The number of amides is 1. The Morgan fingerprint density at radius 3 is 2.23 bits per heavy atom. The van der Waals surface area contributed by atoms with Crippen LogP contribution in [-0.2, 0) is 9.53 Å². The van der Waals surface area contributed by atoms with E-state index in [0.29, 0.717) is 6.54 Å². The van der Waals surface area contributed by atoms with E-state index >= 15 is 0 Å². The van der Waals surface area contributed by atoms with Crippen LogP contribution in [-0.4, -0.2) is 31.8 Å². The Kier molecular flexibility index (Phi) is 6.74. The van der Waals surface area contributed by atoms with Crippen molar-refractivity contribution < 1.29 is 14.3 Å². The molecule has 1 aliphatic rings. The molecule has 22 heavy (non-hydrogen) atoms. The Hall–Kier alpha value is -0.100. The van der Waals surface area contributed by atoms with E-state index in [1.54, 1.807) is 0 Å². The van der Waals surface area contributed by atoms with E-state index in [1.165, 1.54) is 0 Å². The highest BCUT2D eigenvalue weighted by Crippen LogP contribution is 2.48. The van der Waals surface area contributed by atoms with Crippen LogP contribution in [0, 0.1) is 0 Å². The molecule has 2 rings (SSSR count). The van der Waals surface area contributed by atoms with Crippen LogP contribution in [0.1, 0.15) is 12.8 Å². The molecule has 122 valence electrons. The molecule has 1 fully saturated rings. The van der Waals surface area contributed by atoms with Crippen LogP contribution in [0.2, 0.25) is 25.1 Å². The lowest BCUT2D eigenvalue weighted by atomic mass is 10.2. The van der Waals surface area contributed by atoms with E-state index in [0.717, 1.165) is 19.4 Å². The molecule has 1 saturated heterocycles. The fraction of sp³-hybridized carbons (Fsp3) is 0.462. The Bertz CT molecular complexity index is 546. The number of carbonyl (C=O) groups is 1. The van der Waals surface area contributed by atoms with Crippen LogP contribution in [0.15, 0.2) is 0 Å². The van der Waals surface area contributed by atoms with Crippen LogP contribution < -0.4 is 10.1 Å². The zero-order valence-corrected chi connectivity index (χ0v) is 15.0. The SMILES string of the molecule is O=C(COc1c(Cl)c(Cl)c(Cl)c(Cl)c1Cl)NCC1CCCO1. The third-order valence-corrected chi connectivity index (χ3v) is 5.31. The molecule has 1 N–H and O–H groups in total. The smallest absolute Gasteiger partial charge is 0.258 e. The molecule has 1 aromatic carbocycles. The van der Waals surface area contributed by atoms with Gasteiger partial charge in [-0.3, -0.25) is 4.79 Å². The van der Waals surface area contributed by atoms with Crippen molar-refractivity contribution in [2.45, 2.75) is 18.9 Å². The Balaban J connectivity index is 1.95. The first-order valence-corrected chi connectivity index (χ1v) is 8.33. The zero-order valence-electron chi connectivity index (χ0n) is 11.2. The number of hydrogen-bond acceptors (Lipinski definition) is 3. The third kappa shape index (κ3) is 4.25. The van der Waals surface area contributed by atoms with E-state index in [4.69, 9.17) is 67.5 Å². The summed E-state index contributed by atoms with van der Waals surface area (Å²) in [4.78, 5) is 11.8. The molecule has 1 unspecified atom stereocenters. The average Bonchev–Trinajstić information content (AvgIpc) is 3.02. The van der Waals surface area contributed by atoms with E-state index in [2.05, 4.69) is 5.32 Å². The summed E-state index contributed by atoms with van der Waals surface area (Å²) in [5.74, 6) is -0.306. The highest BCUT2D eigenvalue weighted by atomic mass is 35.5. The number of benzene rings is 1. The van der Waals surface area contributed by atoms with Gasteiger partial charge in [-0.1, -0.05) is 58.0 Å². The molecule has 4 nitrogen and oxygen atoms in total.